The third kappa shape index (κ3) is 4.41. The highest BCUT2D eigenvalue weighted by molar-refractivity contribution is 9.10. The standard InChI is InChI=1S/C20H16BrClN4O2/c1-2-3-19-25-17-6-4-14(21)11-16(17)20(27)26(19)24-12-13-10-15(22)5-7-18(13)28-9-8-23/h4-7,10-12H,2-3,9H2,1H3. The van der Waals surface area contributed by atoms with E-state index >= 15 is 0 Å². The van der Waals surface area contributed by atoms with Gasteiger partial charge in [-0.1, -0.05) is 34.5 Å². The summed E-state index contributed by atoms with van der Waals surface area (Å²) in [5.74, 6) is 1.02. The molecule has 6 nitrogen and oxygen atoms in total. The van der Waals surface area contributed by atoms with E-state index in [4.69, 9.17) is 21.6 Å². The van der Waals surface area contributed by atoms with Gasteiger partial charge in [0.2, 0.25) is 0 Å². The van der Waals surface area contributed by atoms with Gasteiger partial charge >= 0.3 is 0 Å². The first-order chi connectivity index (χ1) is 13.5. The molecule has 0 bridgehead atoms. The number of aromatic nitrogens is 2. The van der Waals surface area contributed by atoms with Crippen molar-refractivity contribution in [3.05, 3.63) is 67.6 Å². The molecule has 0 N–H and O–H groups in total. The Kier molecular flexibility index (Phi) is 6.45. The SMILES string of the molecule is CCCc1nc2ccc(Br)cc2c(=O)n1N=Cc1cc(Cl)ccc1OCC#N. The fourth-order valence-electron chi connectivity index (χ4n) is 2.68. The van der Waals surface area contributed by atoms with Crippen molar-refractivity contribution in [1.29, 1.82) is 5.26 Å². The maximum absolute atomic E-state index is 13.0. The maximum Gasteiger partial charge on any atom is 0.282 e. The zero-order valence-electron chi connectivity index (χ0n) is 15.0. The van der Waals surface area contributed by atoms with E-state index in [2.05, 4.69) is 26.0 Å². The normalized spacial score (nSPS) is 11.1. The van der Waals surface area contributed by atoms with Crippen molar-refractivity contribution in [3.8, 4) is 11.8 Å². The Morgan fingerprint density at radius 3 is 2.93 bits per heavy atom. The number of rotatable bonds is 6. The van der Waals surface area contributed by atoms with Gasteiger partial charge in [0.15, 0.2) is 6.61 Å². The third-order valence-electron chi connectivity index (χ3n) is 3.93. The fraction of sp³-hybridized carbons (Fsp3) is 0.200. The number of halogens is 2. The molecule has 0 amide bonds. The van der Waals surface area contributed by atoms with Gasteiger partial charge in [-0.05, 0) is 42.8 Å². The van der Waals surface area contributed by atoms with Crippen molar-refractivity contribution in [3.63, 3.8) is 0 Å². The minimum atomic E-state index is -0.257. The molecule has 0 unspecified atom stereocenters. The molecule has 1 aromatic heterocycles. The van der Waals surface area contributed by atoms with Crippen LogP contribution in [0.15, 0.2) is 50.8 Å². The van der Waals surface area contributed by atoms with E-state index in [0.29, 0.717) is 39.5 Å². The first-order valence-electron chi connectivity index (χ1n) is 8.58. The van der Waals surface area contributed by atoms with E-state index in [-0.39, 0.29) is 12.2 Å². The maximum atomic E-state index is 13.0. The van der Waals surface area contributed by atoms with Crippen LogP contribution in [0.25, 0.3) is 10.9 Å². The molecule has 0 aliphatic heterocycles. The summed E-state index contributed by atoms with van der Waals surface area (Å²) in [7, 11) is 0. The Bertz CT molecular complexity index is 1150. The van der Waals surface area contributed by atoms with Gasteiger partial charge in [0, 0.05) is 21.5 Å². The molecule has 0 fully saturated rings. The predicted molar refractivity (Wildman–Crippen MR) is 113 cm³/mol. The van der Waals surface area contributed by atoms with Gasteiger partial charge in [-0.3, -0.25) is 4.79 Å². The molecule has 142 valence electrons. The first kappa shape index (κ1) is 20.1. The Balaban J connectivity index is 2.12. The van der Waals surface area contributed by atoms with Crippen molar-refractivity contribution in [1.82, 2.24) is 9.66 Å². The van der Waals surface area contributed by atoms with Crippen LogP contribution in [0.4, 0.5) is 0 Å². The monoisotopic (exact) mass is 458 g/mol. The zero-order chi connectivity index (χ0) is 20.1. The van der Waals surface area contributed by atoms with Crippen molar-refractivity contribution in [2.45, 2.75) is 19.8 Å². The summed E-state index contributed by atoms with van der Waals surface area (Å²) in [4.78, 5) is 17.6. The summed E-state index contributed by atoms with van der Waals surface area (Å²) in [6, 6.07) is 12.3. The second-order valence-electron chi connectivity index (χ2n) is 5.93. The molecule has 3 rings (SSSR count). The second-order valence-corrected chi connectivity index (χ2v) is 7.28. The number of fused-ring (bicyclic) bond motifs is 1. The van der Waals surface area contributed by atoms with Crippen LogP contribution in [0.1, 0.15) is 24.7 Å². The molecule has 0 saturated heterocycles. The summed E-state index contributed by atoms with van der Waals surface area (Å²) in [5, 5.41) is 14.1. The van der Waals surface area contributed by atoms with Gasteiger partial charge < -0.3 is 4.74 Å². The van der Waals surface area contributed by atoms with E-state index in [0.717, 1.165) is 10.9 Å². The van der Waals surface area contributed by atoms with Gasteiger partial charge in [-0.2, -0.15) is 15.0 Å². The molecular weight excluding hydrogens is 444 g/mol. The van der Waals surface area contributed by atoms with Crippen LogP contribution in [-0.2, 0) is 6.42 Å². The fourth-order valence-corrected chi connectivity index (χ4v) is 3.22. The molecule has 0 saturated carbocycles. The van der Waals surface area contributed by atoms with Crippen molar-refractivity contribution < 1.29 is 4.74 Å². The molecule has 28 heavy (non-hydrogen) atoms. The molecule has 0 radical (unpaired) electrons. The molecule has 0 aliphatic rings. The Morgan fingerprint density at radius 2 is 2.18 bits per heavy atom. The molecular formula is C20H16BrClN4O2. The van der Waals surface area contributed by atoms with Crippen LogP contribution >= 0.6 is 27.5 Å². The number of nitrogens with zero attached hydrogens (tertiary/aromatic N) is 4. The van der Waals surface area contributed by atoms with Crippen LogP contribution in [0.3, 0.4) is 0 Å². The summed E-state index contributed by atoms with van der Waals surface area (Å²) in [6.07, 6.45) is 2.91. The average Bonchev–Trinajstić information content (AvgIpc) is 2.68. The smallest absolute Gasteiger partial charge is 0.282 e. The lowest BCUT2D eigenvalue weighted by molar-refractivity contribution is 0.367. The van der Waals surface area contributed by atoms with Crippen LogP contribution in [-0.4, -0.2) is 22.5 Å². The summed E-state index contributed by atoms with van der Waals surface area (Å²) < 4.78 is 7.49. The van der Waals surface area contributed by atoms with E-state index in [1.54, 1.807) is 30.3 Å². The molecule has 0 spiro atoms. The average molecular weight is 460 g/mol. The molecule has 3 aromatic rings. The number of hydrogen-bond acceptors (Lipinski definition) is 5. The van der Waals surface area contributed by atoms with Crippen LogP contribution in [0.2, 0.25) is 5.02 Å². The Morgan fingerprint density at radius 1 is 1.36 bits per heavy atom. The molecule has 8 heteroatoms. The van der Waals surface area contributed by atoms with Crippen LogP contribution < -0.4 is 10.3 Å². The highest BCUT2D eigenvalue weighted by atomic mass is 79.9. The van der Waals surface area contributed by atoms with Gasteiger partial charge in [0.05, 0.1) is 17.1 Å². The summed E-state index contributed by atoms with van der Waals surface area (Å²) in [5.41, 5.74) is 0.933. The lowest BCUT2D eigenvalue weighted by atomic mass is 10.2. The third-order valence-corrected chi connectivity index (χ3v) is 4.65. The van der Waals surface area contributed by atoms with E-state index < -0.39 is 0 Å². The Hall–Kier alpha value is -2.69. The summed E-state index contributed by atoms with van der Waals surface area (Å²) in [6.45, 7) is 1.91. The van der Waals surface area contributed by atoms with Gasteiger partial charge in [0.25, 0.3) is 5.56 Å². The largest absolute Gasteiger partial charge is 0.478 e. The number of aryl methyl sites for hydroxylation is 1. The second kappa shape index (κ2) is 9.00. The first-order valence-corrected chi connectivity index (χ1v) is 9.75. The lowest BCUT2D eigenvalue weighted by Gasteiger charge is -2.10. The highest BCUT2D eigenvalue weighted by Crippen LogP contribution is 2.22. The molecule has 0 aliphatic carbocycles. The minimum Gasteiger partial charge on any atom is -0.478 e. The number of benzene rings is 2. The number of hydrogen-bond donors (Lipinski definition) is 0. The molecule has 2 aromatic carbocycles. The summed E-state index contributed by atoms with van der Waals surface area (Å²) >= 11 is 9.46. The minimum absolute atomic E-state index is 0.102. The van der Waals surface area contributed by atoms with E-state index in [1.165, 1.54) is 10.9 Å². The predicted octanol–water partition coefficient (Wildman–Crippen LogP) is 4.55. The Labute approximate surface area is 175 Å². The van der Waals surface area contributed by atoms with Crippen LogP contribution in [0.5, 0.6) is 5.75 Å². The molecule has 0 atom stereocenters. The van der Waals surface area contributed by atoms with E-state index in [9.17, 15) is 4.79 Å². The number of ether oxygens (including phenoxy) is 1. The van der Waals surface area contributed by atoms with Gasteiger partial charge in [-0.25, -0.2) is 4.98 Å². The highest BCUT2D eigenvalue weighted by Gasteiger charge is 2.11. The van der Waals surface area contributed by atoms with E-state index in [1.807, 2.05) is 19.1 Å². The zero-order valence-corrected chi connectivity index (χ0v) is 17.4. The van der Waals surface area contributed by atoms with Gasteiger partial charge in [-0.15, -0.1) is 0 Å². The van der Waals surface area contributed by atoms with Crippen molar-refractivity contribution in [2.75, 3.05) is 6.61 Å². The number of nitriles is 1. The molecule has 1 heterocycles. The lowest BCUT2D eigenvalue weighted by Crippen LogP contribution is -2.22. The van der Waals surface area contributed by atoms with Crippen LogP contribution in [0, 0.1) is 11.3 Å². The van der Waals surface area contributed by atoms with Gasteiger partial charge in [0.1, 0.15) is 17.6 Å². The van der Waals surface area contributed by atoms with Crippen molar-refractivity contribution >= 4 is 44.6 Å². The topological polar surface area (TPSA) is 80.3 Å². The van der Waals surface area contributed by atoms with Crippen molar-refractivity contribution in [2.24, 2.45) is 5.10 Å². The quantitative estimate of drug-likeness (QED) is 0.507.